The Kier molecular flexibility index (Phi) is 4.87. The van der Waals surface area contributed by atoms with Crippen LogP contribution < -0.4 is 10.1 Å². The number of ether oxygens (including phenoxy) is 1. The molecule has 0 amide bonds. The van der Waals surface area contributed by atoms with E-state index >= 15 is 0 Å². The topological polar surface area (TPSA) is 47.0 Å². The van der Waals surface area contributed by atoms with Crippen molar-refractivity contribution in [1.82, 2.24) is 9.97 Å². The molecule has 0 saturated heterocycles. The lowest BCUT2D eigenvalue weighted by atomic mass is 10.1. The lowest BCUT2D eigenvalue weighted by Crippen LogP contribution is -1.97. The summed E-state index contributed by atoms with van der Waals surface area (Å²) in [5.41, 5.74) is 4.15. The Morgan fingerprint density at radius 3 is 2.58 bits per heavy atom. The van der Waals surface area contributed by atoms with Crippen molar-refractivity contribution in [2.24, 2.45) is 0 Å². The normalized spacial score (nSPS) is 10.8. The average molecular weight is 317 g/mol. The van der Waals surface area contributed by atoms with Gasteiger partial charge in [0.25, 0.3) is 0 Å². The molecule has 24 heavy (non-hydrogen) atoms. The van der Waals surface area contributed by atoms with Crippen LogP contribution in [0.1, 0.15) is 16.8 Å². The largest absolute Gasteiger partial charge is 0.497 e. The number of aromatic nitrogens is 2. The number of aryl methyl sites for hydroxylation is 1. The Morgan fingerprint density at radius 1 is 1.00 bits per heavy atom. The standard InChI is InChI=1S/C20H19N3O/c1-15-4-3-5-16(14-15)6-7-18-12-13-21-20(23-18)22-17-8-10-19(24-2)11-9-17/h3-14H,1-2H3,(H,21,22,23)/b7-6+. The second-order valence-electron chi connectivity index (χ2n) is 5.41. The van der Waals surface area contributed by atoms with Crippen LogP contribution in [0, 0.1) is 6.92 Å². The van der Waals surface area contributed by atoms with E-state index in [2.05, 4.69) is 40.4 Å². The van der Waals surface area contributed by atoms with E-state index in [4.69, 9.17) is 4.74 Å². The van der Waals surface area contributed by atoms with Gasteiger partial charge < -0.3 is 10.1 Å². The molecule has 0 aliphatic heterocycles. The Labute approximate surface area is 141 Å². The predicted octanol–water partition coefficient (Wildman–Crippen LogP) is 4.71. The zero-order valence-corrected chi connectivity index (χ0v) is 13.7. The van der Waals surface area contributed by atoms with Gasteiger partial charge in [0.15, 0.2) is 0 Å². The Balaban J connectivity index is 1.73. The summed E-state index contributed by atoms with van der Waals surface area (Å²) in [6.45, 7) is 2.08. The van der Waals surface area contributed by atoms with Crippen molar-refractivity contribution in [3.8, 4) is 5.75 Å². The van der Waals surface area contributed by atoms with E-state index < -0.39 is 0 Å². The van der Waals surface area contributed by atoms with E-state index in [1.807, 2.05) is 48.6 Å². The van der Waals surface area contributed by atoms with Gasteiger partial charge in [-0.1, -0.05) is 35.9 Å². The number of rotatable bonds is 5. The second kappa shape index (κ2) is 7.42. The summed E-state index contributed by atoms with van der Waals surface area (Å²) >= 11 is 0. The van der Waals surface area contributed by atoms with Gasteiger partial charge in [-0.05, 0) is 48.9 Å². The molecular weight excluding hydrogens is 298 g/mol. The lowest BCUT2D eigenvalue weighted by Gasteiger charge is -2.06. The molecule has 0 bridgehead atoms. The number of nitrogens with zero attached hydrogens (tertiary/aromatic N) is 2. The van der Waals surface area contributed by atoms with E-state index in [0.717, 1.165) is 22.7 Å². The lowest BCUT2D eigenvalue weighted by molar-refractivity contribution is 0.415. The minimum Gasteiger partial charge on any atom is -0.497 e. The summed E-state index contributed by atoms with van der Waals surface area (Å²) in [6.07, 6.45) is 5.77. The summed E-state index contributed by atoms with van der Waals surface area (Å²) in [5, 5.41) is 3.19. The SMILES string of the molecule is COc1ccc(Nc2nccc(/C=C/c3cccc(C)c3)n2)cc1. The van der Waals surface area contributed by atoms with Crippen molar-refractivity contribution in [3.05, 3.63) is 77.6 Å². The molecule has 0 unspecified atom stereocenters. The highest BCUT2D eigenvalue weighted by atomic mass is 16.5. The Hall–Kier alpha value is -3.14. The molecule has 2 aromatic carbocycles. The van der Waals surface area contributed by atoms with Crippen molar-refractivity contribution in [2.75, 3.05) is 12.4 Å². The van der Waals surface area contributed by atoms with Gasteiger partial charge in [0.05, 0.1) is 12.8 Å². The van der Waals surface area contributed by atoms with Crippen LogP contribution in [0.5, 0.6) is 5.75 Å². The van der Waals surface area contributed by atoms with Crippen molar-refractivity contribution in [3.63, 3.8) is 0 Å². The van der Waals surface area contributed by atoms with E-state index in [9.17, 15) is 0 Å². The fourth-order valence-corrected chi connectivity index (χ4v) is 2.28. The predicted molar refractivity (Wildman–Crippen MR) is 98.4 cm³/mol. The fraction of sp³-hybridized carbons (Fsp3) is 0.100. The minimum atomic E-state index is 0.562. The maximum absolute atomic E-state index is 5.15. The van der Waals surface area contributed by atoms with E-state index in [-0.39, 0.29) is 0 Å². The van der Waals surface area contributed by atoms with Crippen LogP contribution in [0.4, 0.5) is 11.6 Å². The first kappa shape index (κ1) is 15.7. The zero-order chi connectivity index (χ0) is 16.8. The second-order valence-corrected chi connectivity index (χ2v) is 5.41. The molecule has 1 heterocycles. The molecule has 4 nitrogen and oxygen atoms in total. The van der Waals surface area contributed by atoms with Crippen LogP contribution in [-0.4, -0.2) is 17.1 Å². The van der Waals surface area contributed by atoms with Crippen LogP contribution in [0.25, 0.3) is 12.2 Å². The molecule has 120 valence electrons. The van der Waals surface area contributed by atoms with E-state index in [0.29, 0.717) is 5.95 Å². The average Bonchev–Trinajstić information content (AvgIpc) is 2.61. The van der Waals surface area contributed by atoms with Gasteiger partial charge in [0.1, 0.15) is 5.75 Å². The highest BCUT2D eigenvalue weighted by Crippen LogP contribution is 2.18. The fourth-order valence-electron chi connectivity index (χ4n) is 2.28. The molecule has 4 heteroatoms. The smallest absolute Gasteiger partial charge is 0.227 e. The van der Waals surface area contributed by atoms with Crippen LogP contribution in [0.15, 0.2) is 60.8 Å². The van der Waals surface area contributed by atoms with Crippen molar-refractivity contribution in [2.45, 2.75) is 6.92 Å². The van der Waals surface area contributed by atoms with Crippen LogP contribution in [-0.2, 0) is 0 Å². The van der Waals surface area contributed by atoms with Crippen LogP contribution >= 0.6 is 0 Å². The molecule has 0 saturated carbocycles. The highest BCUT2D eigenvalue weighted by molar-refractivity contribution is 5.68. The molecule has 0 fully saturated rings. The number of anilines is 2. The zero-order valence-electron chi connectivity index (χ0n) is 13.7. The summed E-state index contributed by atoms with van der Waals surface area (Å²) in [4.78, 5) is 8.77. The van der Waals surface area contributed by atoms with E-state index in [1.165, 1.54) is 5.56 Å². The molecule has 1 aromatic heterocycles. The molecule has 0 atom stereocenters. The van der Waals surface area contributed by atoms with Gasteiger partial charge in [-0.3, -0.25) is 0 Å². The third-order valence-electron chi connectivity index (χ3n) is 3.51. The first-order valence-electron chi connectivity index (χ1n) is 7.72. The molecule has 0 radical (unpaired) electrons. The van der Waals surface area contributed by atoms with Crippen molar-refractivity contribution >= 4 is 23.8 Å². The summed E-state index contributed by atoms with van der Waals surface area (Å²) < 4.78 is 5.15. The number of benzene rings is 2. The third-order valence-corrected chi connectivity index (χ3v) is 3.51. The summed E-state index contributed by atoms with van der Waals surface area (Å²) in [6, 6.07) is 17.9. The molecule has 0 aliphatic carbocycles. The van der Waals surface area contributed by atoms with Crippen molar-refractivity contribution in [1.29, 1.82) is 0 Å². The molecular formula is C20H19N3O. The van der Waals surface area contributed by atoms with Gasteiger partial charge >= 0.3 is 0 Å². The monoisotopic (exact) mass is 317 g/mol. The van der Waals surface area contributed by atoms with E-state index in [1.54, 1.807) is 13.3 Å². The minimum absolute atomic E-state index is 0.562. The number of nitrogens with one attached hydrogen (secondary N) is 1. The Bertz CT molecular complexity index is 842. The first-order valence-corrected chi connectivity index (χ1v) is 7.72. The first-order chi connectivity index (χ1) is 11.7. The summed E-state index contributed by atoms with van der Waals surface area (Å²) in [7, 11) is 1.65. The molecule has 0 aliphatic rings. The molecule has 3 aromatic rings. The molecule has 3 rings (SSSR count). The van der Waals surface area contributed by atoms with Gasteiger partial charge in [-0.15, -0.1) is 0 Å². The third kappa shape index (κ3) is 4.20. The van der Waals surface area contributed by atoms with Crippen LogP contribution in [0.2, 0.25) is 0 Å². The maximum Gasteiger partial charge on any atom is 0.227 e. The number of hydrogen-bond acceptors (Lipinski definition) is 4. The molecule has 1 N–H and O–H groups in total. The van der Waals surface area contributed by atoms with Gasteiger partial charge in [-0.25, -0.2) is 9.97 Å². The van der Waals surface area contributed by atoms with Gasteiger partial charge in [-0.2, -0.15) is 0 Å². The quantitative estimate of drug-likeness (QED) is 0.740. The number of hydrogen-bond donors (Lipinski definition) is 1. The van der Waals surface area contributed by atoms with Gasteiger partial charge in [0.2, 0.25) is 5.95 Å². The number of methoxy groups -OCH3 is 1. The maximum atomic E-state index is 5.15. The Morgan fingerprint density at radius 2 is 1.83 bits per heavy atom. The highest BCUT2D eigenvalue weighted by Gasteiger charge is 1.99. The van der Waals surface area contributed by atoms with Gasteiger partial charge in [0, 0.05) is 11.9 Å². The summed E-state index contributed by atoms with van der Waals surface area (Å²) in [5.74, 6) is 1.38. The van der Waals surface area contributed by atoms with Crippen molar-refractivity contribution < 1.29 is 4.74 Å². The molecule has 0 spiro atoms. The van der Waals surface area contributed by atoms with Crippen LogP contribution in [0.3, 0.4) is 0 Å².